The zero-order valence-corrected chi connectivity index (χ0v) is 32.8. The summed E-state index contributed by atoms with van der Waals surface area (Å²) in [4.78, 5) is 63.5. The van der Waals surface area contributed by atoms with Crippen LogP contribution in [0.4, 0.5) is 0 Å². The van der Waals surface area contributed by atoms with Gasteiger partial charge in [0.2, 0.25) is 0 Å². The van der Waals surface area contributed by atoms with E-state index in [2.05, 4.69) is 39.1 Å². The molecule has 2 N–H and O–H groups in total. The molecule has 0 saturated carbocycles. The SMILES string of the molecule is CC(C)CC(=O)CCCOCCOCC(=O)Cc1ccc2[nH]c(=O)n(C3CCN(Cc4ccc(-c5nc6cc[nH]c(=O)c6cc5-c5ccccc5)cc4)CC3)c2c1. The number of H-pyrrole nitrogens is 2. The van der Waals surface area contributed by atoms with Crippen LogP contribution in [0.25, 0.3) is 44.3 Å². The molecule has 3 aromatic heterocycles. The zero-order valence-electron chi connectivity index (χ0n) is 32.8. The number of aromatic amines is 2. The molecule has 57 heavy (non-hydrogen) atoms. The summed E-state index contributed by atoms with van der Waals surface area (Å²) in [5.74, 6) is 0.600. The van der Waals surface area contributed by atoms with Crippen molar-refractivity contribution in [1.29, 1.82) is 0 Å². The van der Waals surface area contributed by atoms with Crippen LogP contribution in [0, 0.1) is 5.92 Å². The Morgan fingerprint density at radius 2 is 1.60 bits per heavy atom. The Kier molecular flexibility index (Phi) is 13.0. The summed E-state index contributed by atoms with van der Waals surface area (Å²) in [5.41, 5.74) is 7.71. The van der Waals surface area contributed by atoms with Crippen molar-refractivity contribution in [1.82, 2.24) is 24.4 Å². The fourth-order valence-electron chi connectivity index (χ4n) is 7.78. The molecule has 1 saturated heterocycles. The number of benzene rings is 3. The van der Waals surface area contributed by atoms with Gasteiger partial charge in [0.05, 0.1) is 40.8 Å². The third-order valence-corrected chi connectivity index (χ3v) is 10.6. The number of imidazole rings is 1. The van der Waals surface area contributed by atoms with Crippen LogP contribution in [-0.2, 0) is 32.0 Å². The molecule has 1 aliphatic heterocycles. The Bertz CT molecular complexity index is 2420. The van der Waals surface area contributed by atoms with Gasteiger partial charge in [0.15, 0.2) is 5.78 Å². The molecule has 0 bridgehead atoms. The predicted octanol–water partition coefficient (Wildman–Crippen LogP) is 7.28. The van der Waals surface area contributed by atoms with Gasteiger partial charge >= 0.3 is 5.69 Å². The average Bonchev–Trinajstić information content (AvgIpc) is 3.54. The van der Waals surface area contributed by atoms with E-state index in [-0.39, 0.29) is 41.9 Å². The molecule has 1 fully saturated rings. The monoisotopic (exact) mass is 769 g/mol. The van der Waals surface area contributed by atoms with E-state index in [9.17, 15) is 19.2 Å². The van der Waals surface area contributed by atoms with Crippen LogP contribution in [0.15, 0.2) is 101 Å². The number of likely N-dealkylation sites (tertiary alicyclic amines) is 1. The molecule has 4 heterocycles. The smallest absolute Gasteiger partial charge is 0.326 e. The highest BCUT2D eigenvalue weighted by atomic mass is 16.5. The largest absolute Gasteiger partial charge is 0.379 e. The van der Waals surface area contributed by atoms with Crippen molar-refractivity contribution < 1.29 is 19.1 Å². The van der Waals surface area contributed by atoms with Crippen LogP contribution in [0.5, 0.6) is 0 Å². The maximum absolute atomic E-state index is 13.2. The van der Waals surface area contributed by atoms with Gasteiger partial charge in [0, 0.05) is 68.9 Å². The van der Waals surface area contributed by atoms with E-state index in [1.54, 1.807) is 6.20 Å². The molecule has 296 valence electrons. The predicted molar refractivity (Wildman–Crippen MR) is 223 cm³/mol. The van der Waals surface area contributed by atoms with Crippen LogP contribution < -0.4 is 11.2 Å². The quantitative estimate of drug-likeness (QED) is 0.0871. The van der Waals surface area contributed by atoms with Gasteiger partial charge in [0.1, 0.15) is 12.4 Å². The third-order valence-electron chi connectivity index (χ3n) is 10.6. The first-order valence-electron chi connectivity index (χ1n) is 20.0. The van der Waals surface area contributed by atoms with E-state index in [1.165, 1.54) is 5.56 Å². The Balaban J connectivity index is 0.917. The second-order valence-corrected chi connectivity index (χ2v) is 15.5. The molecule has 1 aliphatic rings. The molecular formula is C46H51N5O6. The summed E-state index contributed by atoms with van der Waals surface area (Å²) in [6, 6.07) is 28.1. The zero-order chi connectivity index (χ0) is 39.7. The number of hydrogen-bond acceptors (Lipinski definition) is 8. The fourth-order valence-corrected chi connectivity index (χ4v) is 7.78. The summed E-state index contributed by atoms with van der Waals surface area (Å²) >= 11 is 0. The maximum atomic E-state index is 13.2. The first kappa shape index (κ1) is 39.7. The highest BCUT2D eigenvalue weighted by molar-refractivity contribution is 5.91. The van der Waals surface area contributed by atoms with Crippen LogP contribution in [0.3, 0.4) is 0 Å². The van der Waals surface area contributed by atoms with Crippen molar-refractivity contribution in [2.45, 2.75) is 65.0 Å². The highest BCUT2D eigenvalue weighted by Gasteiger charge is 2.24. The van der Waals surface area contributed by atoms with Crippen LogP contribution in [0.2, 0.25) is 0 Å². The van der Waals surface area contributed by atoms with E-state index in [0.29, 0.717) is 55.9 Å². The number of nitrogens with zero attached hydrogens (tertiary/aromatic N) is 3. The number of pyridine rings is 2. The lowest BCUT2D eigenvalue weighted by molar-refractivity contribution is -0.123. The number of rotatable bonds is 18. The minimum Gasteiger partial charge on any atom is -0.379 e. The number of hydrogen-bond donors (Lipinski definition) is 2. The van der Waals surface area contributed by atoms with E-state index < -0.39 is 0 Å². The molecule has 0 amide bonds. The molecule has 6 aromatic rings. The van der Waals surface area contributed by atoms with Crippen molar-refractivity contribution >= 4 is 33.5 Å². The Morgan fingerprint density at radius 3 is 2.37 bits per heavy atom. The van der Waals surface area contributed by atoms with Crippen molar-refractivity contribution in [2.24, 2.45) is 5.92 Å². The molecule has 0 aliphatic carbocycles. The Morgan fingerprint density at radius 1 is 0.842 bits per heavy atom. The van der Waals surface area contributed by atoms with Gasteiger partial charge in [-0.15, -0.1) is 0 Å². The first-order chi connectivity index (χ1) is 27.7. The van der Waals surface area contributed by atoms with Gasteiger partial charge in [-0.3, -0.25) is 23.9 Å². The standard InChI is InChI=1S/C46H51N5O6/c1-31(2)25-37(52)9-6-22-56-23-24-57-30-38(53)26-33-12-15-42-43(27-33)51(46(55)49-42)36-17-20-50(21-18-36)29-32-10-13-35(14-11-32)44-39(34-7-4-3-5-8-34)28-40-41(48-44)16-19-47-45(40)54/h3-5,7-8,10-16,19,27-28,31,36H,6,9,17-18,20-26,29-30H2,1-2H3,(H,47,54)(H,49,55). The average molecular weight is 770 g/mol. The highest BCUT2D eigenvalue weighted by Crippen LogP contribution is 2.33. The van der Waals surface area contributed by atoms with Crippen LogP contribution in [0.1, 0.15) is 63.1 Å². The minimum absolute atomic E-state index is 0.00722. The van der Waals surface area contributed by atoms with E-state index >= 15 is 0 Å². The second-order valence-electron chi connectivity index (χ2n) is 15.5. The summed E-state index contributed by atoms with van der Waals surface area (Å²) in [6.07, 6.45) is 5.34. The van der Waals surface area contributed by atoms with Crippen LogP contribution >= 0.6 is 0 Å². The first-order valence-corrected chi connectivity index (χ1v) is 20.0. The molecule has 11 nitrogen and oxygen atoms in total. The topological polar surface area (TPSA) is 139 Å². The van der Waals surface area contributed by atoms with Crippen molar-refractivity contribution in [3.05, 3.63) is 123 Å². The molecule has 11 heteroatoms. The molecular weight excluding hydrogens is 719 g/mol. The number of ether oxygens (including phenoxy) is 2. The number of carbonyl (C=O) groups is 2. The normalized spacial score (nSPS) is 13.9. The summed E-state index contributed by atoms with van der Waals surface area (Å²) < 4.78 is 13.0. The maximum Gasteiger partial charge on any atom is 0.326 e. The number of carbonyl (C=O) groups excluding carboxylic acids is 2. The number of nitrogens with one attached hydrogen (secondary N) is 2. The minimum atomic E-state index is -0.158. The summed E-state index contributed by atoms with van der Waals surface area (Å²) in [6.45, 7) is 7.75. The van der Waals surface area contributed by atoms with E-state index in [0.717, 1.165) is 71.5 Å². The van der Waals surface area contributed by atoms with Crippen molar-refractivity contribution in [3.63, 3.8) is 0 Å². The van der Waals surface area contributed by atoms with Gasteiger partial charge in [-0.05, 0) is 66.1 Å². The molecule has 0 spiro atoms. The summed E-state index contributed by atoms with van der Waals surface area (Å²) in [5, 5.41) is 0.560. The second kappa shape index (κ2) is 18.6. The van der Waals surface area contributed by atoms with Gasteiger partial charge in [-0.1, -0.05) is 74.5 Å². The van der Waals surface area contributed by atoms with Gasteiger partial charge in [-0.2, -0.15) is 0 Å². The molecule has 0 radical (unpaired) electrons. The molecule has 0 atom stereocenters. The Labute approximate surface area is 332 Å². The number of ketones is 2. The van der Waals surface area contributed by atoms with Gasteiger partial charge < -0.3 is 19.4 Å². The van der Waals surface area contributed by atoms with Crippen LogP contribution in [-0.4, -0.2) is 75.5 Å². The van der Waals surface area contributed by atoms with Gasteiger partial charge in [0.25, 0.3) is 5.56 Å². The summed E-state index contributed by atoms with van der Waals surface area (Å²) in [7, 11) is 0. The number of fused-ring (bicyclic) bond motifs is 2. The molecule has 0 unspecified atom stereocenters. The molecule has 3 aromatic carbocycles. The number of aromatic nitrogens is 4. The van der Waals surface area contributed by atoms with Crippen molar-refractivity contribution in [2.75, 3.05) is 39.5 Å². The fraction of sp³-hybridized carbons (Fsp3) is 0.370. The van der Waals surface area contributed by atoms with E-state index in [4.69, 9.17) is 14.5 Å². The lowest BCUT2D eigenvalue weighted by Gasteiger charge is -2.32. The van der Waals surface area contributed by atoms with E-state index in [1.807, 2.05) is 79.1 Å². The lowest BCUT2D eigenvalue weighted by atomic mass is 9.97. The third kappa shape index (κ3) is 10.1. The number of piperidine rings is 1. The number of Topliss-reactive ketones (excluding diaryl/α,β-unsaturated/α-hetero) is 2. The van der Waals surface area contributed by atoms with Gasteiger partial charge in [-0.25, -0.2) is 9.78 Å². The van der Waals surface area contributed by atoms with Crippen molar-refractivity contribution in [3.8, 4) is 22.4 Å². The Hall–Kier alpha value is -5.49. The lowest BCUT2D eigenvalue weighted by Crippen LogP contribution is -2.36. The molecule has 7 rings (SSSR count).